The molecular formula is C12H18O2. The fourth-order valence-corrected chi connectivity index (χ4v) is 2.04. The monoisotopic (exact) mass is 194 g/mol. The zero-order chi connectivity index (χ0) is 10.8. The summed E-state index contributed by atoms with van der Waals surface area (Å²) < 4.78 is 5.18. The quantitative estimate of drug-likeness (QED) is 0.646. The summed E-state index contributed by atoms with van der Waals surface area (Å²) >= 11 is 0. The first-order valence-corrected chi connectivity index (χ1v) is 4.94. The molecule has 0 unspecified atom stereocenters. The van der Waals surface area contributed by atoms with E-state index in [0.29, 0.717) is 0 Å². The second kappa shape index (κ2) is 3.99. The van der Waals surface area contributed by atoms with Gasteiger partial charge in [-0.25, -0.2) is 0 Å². The molecule has 1 aliphatic carbocycles. The van der Waals surface area contributed by atoms with Crippen LogP contribution in [-0.2, 0) is 9.53 Å². The number of allylic oxidation sites excluding steroid dienone is 3. The van der Waals surface area contributed by atoms with E-state index in [4.69, 9.17) is 4.74 Å². The standard InChI is InChI=1S/C12H18O2/c1-5-7-12(3)8-6-10(14-4)9(2)11(12)13/h5H,1,6-8H2,2-4H3/t12-/m0/s1. The van der Waals surface area contributed by atoms with E-state index in [-0.39, 0.29) is 11.2 Å². The van der Waals surface area contributed by atoms with Crippen molar-refractivity contribution in [3.05, 3.63) is 24.0 Å². The lowest BCUT2D eigenvalue weighted by Crippen LogP contribution is -2.32. The Hall–Kier alpha value is -1.05. The van der Waals surface area contributed by atoms with Gasteiger partial charge in [-0.15, -0.1) is 6.58 Å². The third-order valence-electron chi connectivity index (χ3n) is 3.05. The second-order valence-electron chi connectivity index (χ2n) is 4.13. The highest BCUT2D eigenvalue weighted by atomic mass is 16.5. The van der Waals surface area contributed by atoms with Crippen LogP contribution in [0.3, 0.4) is 0 Å². The maximum absolute atomic E-state index is 12.0. The van der Waals surface area contributed by atoms with Crippen LogP contribution in [0.15, 0.2) is 24.0 Å². The molecule has 1 rings (SSSR count). The first kappa shape index (κ1) is 11.0. The molecule has 0 fully saturated rings. The SMILES string of the molecule is C=CC[C@@]1(C)CCC(OC)=C(C)C1=O. The van der Waals surface area contributed by atoms with E-state index in [9.17, 15) is 4.79 Å². The van der Waals surface area contributed by atoms with Gasteiger partial charge in [0.1, 0.15) is 5.76 Å². The van der Waals surface area contributed by atoms with Gasteiger partial charge in [-0.1, -0.05) is 13.0 Å². The summed E-state index contributed by atoms with van der Waals surface area (Å²) in [4.78, 5) is 12.0. The number of ether oxygens (including phenoxy) is 1. The Morgan fingerprint density at radius 1 is 1.64 bits per heavy atom. The molecule has 0 aromatic rings. The molecule has 2 nitrogen and oxygen atoms in total. The van der Waals surface area contributed by atoms with Crippen LogP contribution in [-0.4, -0.2) is 12.9 Å². The topological polar surface area (TPSA) is 26.3 Å². The van der Waals surface area contributed by atoms with E-state index in [1.807, 2.05) is 19.9 Å². The number of carbonyl (C=O) groups excluding carboxylic acids is 1. The molecule has 0 spiro atoms. The summed E-state index contributed by atoms with van der Waals surface area (Å²) in [5.41, 5.74) is 0.525. The predicted octanol–water partition coefficient (Wildman–Crippen LogP) is 2.85. The van der Waals surface area contributed by atoms with Crippen molar-refractivity contribution in [2.45, 2.75) is 33.1 Å². The average Bonchev–Trinajstić information content (AvgIpc) is 2.16. The molecule has 0 heterocycles. The van der Waals surface area contributed by atoms with Crippen molar-refractivity contribution in [1.29, 1.82) is 0 Å². The molecule has 0 saturated heterocycles. The highest BCUT2D eigenvalue weighted by molar-refractivity contribution is 6.00. The molecule has 78 valence electrons. The predicted molar refractivity (Wildman–Crippen MR) is 56.9 cm³/mol. The Balaban J connectivity index is 2.97. The zero-order valence-corrected chi connectivity index (χ0v) is 9.22. The van der Waals surface area contributed by atoms with Crippen molar-refractivity contribution >= 4 is 5.78 Å². The molecule has 0 aromatic carbocycles. The van der Waals surface area contributed by atoms with Gasteiger partial charge in [0.2, 0.25) is 0 Å². The summed E-state index contributed by atoms with van der Waals surface area (Å²) in [5, 5.41) is 0. The van der Waals surface area contributed by atoms with Crippen molar-refractivity contribution in [2.75, 3.05) is 7.11 Å². The van der Waals surface area contributed by atoms with Crippen LogP contribution in [0.25, 0.3) is 0 Å². The van der Waals surface area contributed by atoms with Crippen LogP contribution < -0.4 is 0 Å². The minimum Gasteiger partial charge on any atom is -0.501 e. The van der Waals surface area contributed by atoms with Crippen LogP contribution in [0.2, 0.25) is 0 Å². The molecule has 0 aromatic heterocycles. The maximum Gasteiger partial charge on any atom is 0.168 e. The molecule has 0 radical (unpaired) electrons. The Morgan fingerprint density at radius 3 is 2.79 bits per heavy atom. The van der Waals surface area contributed by atoms with Gasteiger partial charge in [0.05, 0.1) is 7.11 Å². The normalized spacial score (nSPS) is 27.8. The summed E-state index contributed by atoms with van der Waals surface area (Å²) in [6, 6.07) is 0. The number of Topliss-reactive ketones (excluding diaryl/α,β-unsaturated/α-hetero) is 1. The summed E-state index contributed by atoms with van der Waals surface area (Å²) in [6.45, 7) is 7.55. The number of rotatable bonds is 3. The van der Waals surface area contributed by atoms with Gasteiger partial charge < -0.3 is 4.74 Å². The number of ketones is 1. The van der Waals surface area contributed by atoms with Crippen LogP contribution in [0.5, 0.6) is 0 Å². The summed E-state index contributed by atoms with van der Waals surface area (Å²) in [7, 11) is 1.63. The van der Waals surface area contributed by atoms with Gasteiger partial charge in [-0.2, -0.15) is 0 Å². The van der Waals surface area contributed by atoms with Crippen LogP contribution >= 0.6 is 0 Å². The lowest BCUT2D eigenvalue weighted by Gasteiger charge is -2.32. The summed E-state index contributed by atoms with van der Waals surface area (Å²) in [6.07, 6.45) is 4.29. The van der Waals surface area contributed by atoms with Gasteiger partial charge in [0.15, 0.2) is 5.78 Å². The van der Waals surface area contributed by atoms with Crippen molar-refractivity contribution in [1.82, 2.24) is 0 Å². The van der Waals surface area contributed by atoms with Crippen molar-refractivity contribution in [3.63, 3.8) is 0 Å². The Labute approximate surface area is 85.6 Å². The van der Waals surface area contributed by atoms with E-state index in [1.54, 1.807) is 7.11 Å². The highest BCUT2D eigenvalue weighted by Gasteiger charge is 2.37. The zero-order valence-electron chi connectivity index (χ0n) is 9.22. The smallest absolute Gasteiger partial charge is 0.168 e. The van der Waals surface area contributed by atoms with Gasteiger partial charge >= 0.3 is 0 Å². The molecule has 1 atom stereocenters. The fourth-order valence-electron chi connectivity index (χ4n) is 2.04. The third-order valence-corrected chi connectivity index (χ3v) is 3.05. The van der Waals surface area contributed by atoms with Crippen LogP contribution in [0, 0.1) is 5.41 Å². The Morgan fingerprint density at radius 2 is 2.29 bits per heavy atom. The first-order valence-electron chi connectivity index (χ1n) is 4.94. The minimum absolute atomic E-state index is 0.209. The summed E-state index contributed by atoms with van der Waals surface area (Å²) in [5.74, 6) is 1.05. The van der Waals surface area contributed by atoms with E-state index in [1.165, 1.54) is 0 Å². The van der Waals surface area contributed by atoms with Gasteiger partial charge in [0.25, 0.3) is 0 Å². The number of carbonyl (C=O) groups is 1. The first-order chi connectivity index (χ1) is 6.55. The van der Waals surface area contributed by atoms with Gasteiger partial charge in [-0.05, 0) is 19.8 Å². The van der Waals surface area contributed by atoms with Crippen molar-refractivity contribution in [2.24, 2.45) is 5.41 Å². The van der Waals surface area contributed by atoms with E-state index in [2.05, 4.69) is 6.58 Å². The van der Waals surface area contributed by atoms with Crippen molar-refractivity contribution < 1.29 is 9.53 Å². The van der Waals surface area contributed by atoms with E-state index in [0.717, 1.165) is 30.6 Å². The lowest BCUT2D eigenvalue weighted by atomic mass is 9.72. The largest absolute Gasteiger partial charge is 0.501 e. The molecule has 0 aliphatic heterocycles. The van der Waals surface area contributed by atoms with Gasteiger partial charge in [-0.3, -0.25) is 4.79 Å². The minimum atomic E-state index is -0.256. The molecule has 0 N–H and O–H groups in total. The molecular weight excluding hydrogens is 176 g/mol. The Kier molecular flexibility index (Phi) is 3.14. The van der Waals surface area contributed by atoms with E-state index < -0.39 is 0 Å². The number of methoxy groups -OCH3 is 1. The van der Waals surface area contributed by atoms with Gasteiger partial charge in [0, 0.05) is 17.4 Å². The average molecular weight is 194 g/mol. The molecule has 0 bridgehead atoms. The molecule has 14 heavy (non-hydrogen) atoms. The molecule has 0 saturated carbocycles. The van der Waals surface area contributed by atoms with E-state index >= 15 is 0 Å². The third kappa shape index (κ3) is 1.74. The second-order valence-corrected chi connectivity index (χ2v) is 4.13. The number of hydrogen-bond donors (Lipinski definition) is 0. The van der Waals surface area contributed by atoms with Crippen LogP contribution in [0.1, 0.15) is 33.1 Å². The maximum atomic E-state index is 12.0. The van der Waals surface area contributed by atoms with Crippen LogP contribution in [0.4, 0.5) is 0 Å². The van der Waals surface area contributed by atoms with Crippen molar-refractivity contribution in [3.8, 4) is 0 Å². The highest BCUT2D eigenvalue weighted by Crippen LogP contribution is 2.38. The molecule has 1 aliphatic rings. The Bertz CT molecular complexity index is 289. The number of hydrogen-bond acceptors (Lipinski definition) is 2. The lowest BCUT2D eigenvalue weighted by molar-refractivity contribution is -0.125. The fraction of sp³-hybridized carbons (Fsp3) is 0.583. The molecule has 0 amide bonds. The molecule has 2 heteroatoms.